The van der Waals surface area contributed by atoms with Crippen LogP contribution in [0.2, 0.25) is 0 Å². The van der Waals surface area contributed by atoms with Crippen LogP contribution in [0.5, 0.6) is 0 Å². The van der Waals surface area contributed by atoms with Crippen molar-refractivity contribution in [2.45, 2.75) is 6.92 Å². The van der Waals surface area contributed by atoms with E-state index in [-0.39, 0.29) is 25.0 Å². The van der Waals surface area contributed by atoms with Crippen LogP contribution in [-0.4, -0.2) is 43.5 Å². The number of esters is 1. The first kappa shape index (κ1) is 19.4. The zero-order valence-corrected chi connectivity index (χ0v) is 18.1. The highest BCUT2D eigenvalue weighted by Crippen LogP contribution is 2.27. The molecule has 1 aromatic rings. The van der Waals surface area contributed by atoms with Crippen LogP contribution in [0.25, 0.3) is 0 Å². The number of carbonyl (C=O) groups is 2. The van der Waals surface area contributed by atoms with Crippen molar-refractivity contribution in [2.24, 2.45) is 0 Å². The first-order chi connectivity index (χ1) is 9.83. The van der Waals surface area contributed by atoms with Crippen LogP contribution in [0.1, 0.15) is 6.92 Å². The van der Waals surface area contributed by atoms with Crippen LogP contribution in [0.3, 0.4) is 0 Å². The number of carbonyl (C=O) groups excluding carboxylic acids is 2. The molecule has 0 bridgehead atoms. The molecule has 1 amide bonds. The summed E-state index contributed by atoms with van der Waals surface area (Å²) in [5.74, 6) is -0.481. The van der Waals surface area contributed by atoms with Gasteiger partial charge in [0.05, 0.1) is 25.4 Å². The first-order valence-corrected chi connectivity index (χ1v) is 9.35. The van der Waals surface area contributed by atoms with Crippen LogP contribution in [-0.2, 0) is 14.3 Å². The number of benzene rings is 1. The Kier molecular flexibility index (Phi) is 8.71. The number of hydrogen-bond donors (Lipinski definition) is 1. The van der Waals surface area contributed by atoms with Gasteiger partial charge in [-0.05, 0) is 93.9 Å². The third-order valence-electron chi connectivity index (χ3n) is 2.39. The maximum Gasteiger partial charge on any atom is 0.320 e. The Labute approximate surface area is 165 Å². The Morgan fingerprint density at radius 1 is 1.19 bits per heavy atom. The van der Waals surface area contributed by atoms with E-state index in [1.165, 1.54) is 0 Å². The van der Waals surface area contributed by atoms with Gasteiger partial charge in [0.25, 0.3) is 0 Å². The lowest BCUT2D eigenvalue weighted by molar-refractivity contribution is -0.144. The van der Waals surface area contributed by atoms with E-state index in [1.807, 2.05) is 12.1 Å². The standard InChI is InChI=1S/C13H15I3N2O3/c1-3-21-12(20)7-18(2)6-11(19)17-13-9(15)4-8(14)5-10(13)16/h4-5H,3,6-7H2,1-2H3,(H,17,19). The van der Waals surface area contributed by atoms with Gasteiger partial charge in [-0.2, -0.15) is 0 Å². The number of rotatable bonds is 6. The summed E-state index contributed by atoms with van der Waals surface area (Å²) in [4.78, 5) is 25.0. The molecule has 0 aliphatic heterocycles. The molecular weight excluding hydrogens is 613 g/mol. The highest BCUT2D eigenvalue weighted by molar-refractivity contribution is 14.1. The molecule has 0 aliphatic rings. The molecule has 0 unspecified atom stereocenters. The van der Waals surface area contributed by atoms with Crippen molar-refractivity contribution in [3.8, 4) is 0 Å². The minimum Gasteiger partial charge on any atom is -0.465 e. The summed E-state index contributed by atoms with van der Waals surface area (Å²) in [6.45, 7) is 2.34. The first-order valence-electron chi connectivity index (χ1n) is 6.12. The Bertz CT molecular complexity index is 514. The lowest BCUT2D eigenvalue weighted by Gasteiger charge is -2.16. The number of nitrogens with zero attached hydrogens (tertiary/aromatic N) is 1. The molecule has 21 heavy (non-hydrogen) atoms. The number of amides is 1. The number of halogens is 3. The quantitative estimate of drug-likeness (QED) is 0.390. The fraction of sp³-hybridized carbons (Fsp3) is 0.385. The van der Waals surface area contributed by atoms with E-state index in [2.05, 4.69) is 73.1 Å². The molecule has 1 aromatic carbocycles. The van der Waals surface area contributed by atoms with Crippen LogP contribution in [0.4, 0.5) is 5.69 Å². The van der Waals surface area contributed by atoms with Gasteiger partial charge in [0.1, 0.15) is 0 Å². The van der Waals surface area contributed by atoms with Gasteiger partial charge in [-0.3, -0.25) is 14.5 Å². The summed E-state index contributed by atoms with van der Waals surface area (Å²) in [6, 6.07) is 4.00. The van der Waals surface area contributed by atoms with Crippen molar-refractivity contribution < 1.29 is 14.3 Å². The molecule has 1 N–H and O–H groups in total. The number of ether oxygens (including phenoxy) is 1. The van der Waals surface area contributed by atoms with E-state index in [0.29, 0.717) is 6.61 Å². The lowest BCUT2D eigenvalue weighted by Crippen LogP contribution is -2.34. The molecule has 0 spiro atoms. The van der Waals surface area contributed by atoms with Crippen molar-refractivity contribution in [1.29, 1.82) is 0 Å². The summed E-state index contributed by atoms with van der Waals surface area (Å²) in [7, 11) is 1.71. The maximum atomic E-state index is 12.0. The smallest absolute Gasteiger partial charge is 0.320 e. The fourth-order valence-electron chi connectivity index (χ4n) is 1.57. The van der Waals surface area contributed by atoms with E-state index >= 15 is 0 Å². The molecule has 0 atom stereocenters. The molecule has 0 saturated heterocycles. The number of anilines is 1. The van der Waals surface area contributed by atoms with Crippen LogP contribution in [0, 0.1) is 10.7 Å². The summed E-state index contributed by atoms with van der Waals surface area (Å²) < 4.78 is 7.95. The van der Waals surface area contributed by atoms with Crippen molar-refractivity contribution in [1.82, 2.24) is 4.90 Å². The maximum absolute atomic E-state index is 12.0. The summed E-state index contributed by atoms with van der Waals surface area (Å²) >= 11 is 6.64. The normalized spacial score (nSPS) is 10.6. The van der Waals surface area contributed by atoms with Gasteiger partial charge in [0.2, 0.25) is 5.91 Å². The number of likely N-dealkylation sites (N-methyl/N-ethyl adjacent to an activating group) is 1. The highest BCUT2D eigenvalue weighted by atomic mass is 127. The Morgan fingerprint density at radius 3 is 2.29 bits per heavy atom. The van der Waals surface area contributed by atoms with Gasteiger partial charge in [0, 0.05) is 10.7 Å². The minimum atomic E-state index is -0.328. The summed E-state index contributed by atoms with van der Waals surface area (Å²) in [6.07, 6.45) is 0. The van der Waals surface area contributed by atoms with Gasteiger partial charge < -0.3 is 10.1 Å². The van der Waals surface area contributed by atoms with Crippen LogP contribution in [0.15, 0.2) is 12.1 Å². The Morgan fingerprint density at radius 2 is 1.76 bits per heavy atom. The zero-order chi connectivity index (χ0) is 16.0. The topological polar surface area (TPSA) is 58.6 Å². The Hall–Kier alpha value is 0.310. The predicted molar refractivity (Wildman–Crippen MR) is 107 cm³/mol. The molecule has 8 heteroatoms. The van der Waals surface area contributed by atoms with Gasteiger partial charge in [-0.1, -0.05) is 0 Å². The molecule has 0 heterocycles. The molecule has 0 saturated carbocycles. The second-order valence-corrected chi connectivity index (χ2v) is 7.84. The predicted octanol–water partition coefficient (Wildman–Crippen LogP) is 2.93. The monoisotopic (exact) mass is 628 g/mol. The third kappa shape index (κ3) is 6.95. The van der Waals surface area contributed by atoms with Crippen LogP contribution < -0.4 is 5.32 Å². The van der Waals surface area contributed by atoms with E-state index in [4.69, 9.17) is 4.74 Å². The van der Waals surface area contributed by atoms with Gasteiger partial charge in [-0.25, -0.2) is 0 Å². The highest BCUT2D eigenvalue weighted by Gasteiger charge is 2.14. The summed E-state index contributed by atoms with van der Waals surface area (Å²) in [5.41, 5.74) is 0.811. The van der Waals surface area contributed by atoms with Gasteiger partial charge in [-0.15, -0.1) is 0 Å². The fourth-order valence-corrected chi connectivity index (χ4v) is 5.42. The molecular formula is C13H15I3N2O3. The molecule has 0 radical (unpaired) electrons. The minimum absolute atomic E-state index is 0.0993. The largest absolute Gasteiger partial charge is 0.465 e. The zero-order valence-electron chi connectivity index (χ0n) is 11.6. The van der Waals surface area contributed by atoms with E-state index in [1.54, 1.807) is 18.9 Å². The van der Waals surface area contributed by atoms with Crippen molar-refractivity contribution in [2.75, 3.05) is 32.1 Å². The van der Waals surface area contributed by atoms with Crippen molar-refractivity contribution in [3.05, 3.63) is 22.8 Å². The average Bonchev–Trinajstić information content (AvgIpc) is 2.33. The van der Waals surface area contributed by atoms with E-state index in [9.17, 15) is 9.59 Å². The molecule has 0 fully saturated rings. The third-order valence-corrected chi connectivity index (χ3v) is 4.71. The number of hydrogen-bond acceptors (Lipinski definition) is 4. The molecule has 1 rings (SSSR count). The number of nitrogens with one attached hydrogen (secondary N) is 1. The van der Waals surface area contributed by atoms with Crippen molar-refractivity contribution >= 4 is 85.3 Å². The molecule has 5 nitrogen and oxygen atoms in total. The second kappa shape index (κ2) is 9.45. The molecule has 0 aromatic heterocycles. The Balaban J connectivity index is 2.60. The molecule has 116 valence electrons. The van der Waals surface area contributed by atoms with E-state index < -0.39 is 0 Å². The average molecular weight is 628 g/mol. The van der Waals surface area contributed by atoms with Gasteiger partial charge >= 0.3 is 5.97 Å². The van der Waals surface area contributed by atoms with Crippen LogP contribution >= 0.6 is 67.8 Å². The van der Waals surface area contributed by atoms with Crippen molar-refractivity contribution in [3.63, 3.8) is 0 Å². The molecule has 0 aliphatic carbocycles. The summed E-state index contributed by atoms with van der Waals surface area (Å²) in [5, 5.41) is 2.89. The SMILES string of the molecule is CCOC(=O)CN(C)CC(=O)Nc1c(I)cc(I)cc1I. The van der Waals surface area contributed by atoms with Gasteiger partial charge in [0.15, 0.2) is 0 Å². The second-order valence-electron chi connectivity index (χ2n) is 4.27. The van der Waals surface area contributed by atoms with E-state index in [0.717, 1.165) is 16.4 Å². The lowest BCUT2D eigenvalue weighted by atomic mass is 10.3.